The molecule has 4 aromatic rings. The van der Waals surface area contributed by atoms with Gasteiger partial charge in [-0.05, 0) is 36.4 Å². The van der Waals surface area contributed by atoms with Crippen LogP contribution in [0.15, 0.2) is 74.2 Å². The number of sulfonamides is 1. The molecule has 0 aliphatic rings. The SMILES string of the molecule is O=Cc1c(Nc2ccc(S(=O)(=O)Nc3nccs3)cc2)c2ccccc2oc1=O. The van der Waals surface area contributed by atoms with Gasteiger partial charge in [0.1, 0.15) is 11.1 Å². The molecular weight excluding hydrogens is 414 g/mol. The summed E-state index contributed by atoms with van der Waals surface area (Å²) >= 11 is 1.17. The number of hydrogen-bond donors (Lipinski definition) is 2. The maximum Gasteiger partial charge on any atom is 0.349 e. The molecule has 2 aromatic heterocycles. The normalized spacial score (nSPS) is 11.3. The van der Waals surface area contributed by atoms with E-state index < -0.39 is 15.6 Å². The lowest BCUT2D eigenvalue weighted by molar-refractivity contribution is 0.112. The van der Waals surface area contributed by atoms with E-state index in [1.54, 1.807) is 29.6 Å². The second-order valence-electron chi connectivity index (χ2n) is 5.88. The molecule has 2 heterocycles. The Balaban J connectivity index is 1.68. The second-order valence-corrected chi connectivity index (χ2v) is 8.46. The monoisotopic (exact) mass is 427 g/mol. The zero-order valence-electron chi connectivity index (χ0n) is 14.7. The van der Waals surface area contributed by atoms with Crippen LogP contribution >= 0.6 is 11.3 Å². The number of nitrogens with zero attached hydrogens (tertiary/aromatic N) is 1. The summed E-state index contributed by atoms with van der Waals surface area (Å²) < 4.78 is 32.4. The Morgan fingerprint density at radius 2 is 1.83 bits per heavy atom. The molecule has 0 radical (unpaired) electrons. The maximum atomic E-state index is 12.4. The van der Waals surface area contributed by atoms with Crippen molar-refractivity contribution in [2.24, 2.45) is 0 Å². The highest BCUT2D eigenvalue weighted by molar-refractivity contribution is 7.93. The van der Waals surface area contributed by atoms with E-state index in [9.17, 15) is 18.0 Å². The van der Waals surface area contributed by atoms with E-state index in [0.717, 1.165) is 0 Å². The van der Waals surface area contributed by atoms with E-state index in [4.69, 9.17) is 4.42 Å². The van der Waals surface area contributed by atoms with Gasteiger partial charge < -0.3 is 9.73 Å². The van der Waals surface area contributed by atoms with Gasteiger partial charge in [-0.25, -0.2) is 18.2 Å². The molecule has 0 aliphatic heterocycles. The lowest BCUT2D eigenvalue weighted by atomic mass is 10.1. The van der Waals surface area contributed by atoms with Crippen LogP contribution in [0.2, 0.25) is 0 Å². The third-order valence-electron chi connectivity index (χ3n) is 4.05. The standard InChI is InChI=1S/C19H13N3O5S2/c23-11-15-17(14-3-1-2-4-16(14)27-18(15)24)21-12-5-7-13(8-6-12)29(25,26)22-19-20-9-10-28-19/h1-11,21H,(H,20,22). The first-order valence-corrected chi connectivity index (χ1v) is 10.6. The van der Waals surface area contributed by atoms with E-state index in [1.165, 1.54) is 41.8 Å². The van der Waals surface area contributed by atoms with Gasteiger partial charge in [0.05, 0.1) is 10.6 Å². The van der Waals surface area contributed by atoms with E-state index in [1.807, 2.05) is 0 Å². The molecule has 0 saturated carbocycles. The van der Waals surface area contributed by atoms with Gasteiger partial charge in [0, 0.05) is 22.7 Å². The largest absolute Gasteiger partial charge is 0.422 e. The molecule has 2 aromatic carbocycles. The molecule has 0 bridgehead atoms. The van der Waals surface area contributed by atoms with Crippen LogP contribution in [0.4, 0.5) is 16.5 Å². The number of aromatic nitrogens is 1. The molecule has 0 atom stereocenters. The fourth-order valence-corrected chi connectivity index (χ4v) is 4.50. The van der Waals surface area contributed by atoms with Crippen molar-refractivity contribution >= 4 is 55.1 Å². The van der Waals surface area contributed by atoms with Gasteiger partial charge in [-0.15, -0.1) is 11.3 Å². The van der Waals surface area contributed by atoms with E-state index in [0.29, 0.717) is 28.6 Å². The third kappa shape index (κ3) is 3.75. The van der Waals surface area contributed by atoms with Gasteiger partial charge in [-0.1, -0.05) is 12.1 Å². The summed E-state index contributed by atoms with van der Waals surface area (Å²) in [5.41, 5.74) is 0.219. The van der Waals surface area contributed by atoms with Gasteiger partial charge in [0.15, 0.2) is 11.4 Å². The lowest BCUT2D eigenvalue weighted by Crippen LogP contribution is -2.13. The smallest absolute Gasteiger partial charge is 0.349 e. The van der Waals surface area contributed by atoms with Gasteiger partial charge in [0.25, 0.3) is 10.0 Å². The minimum Gasteiger partial charge on any atom is -0.422 e. The molecule has 0 fully saturated rings. The summed E-state index contributed by atoms with van der Waals surface area (Å²) in [5.74, 6) is 0. The molecule has 2 N–H and O–H groups in total. The fourth-order valence-electron chi connectivity index (χ4n) is 2.72. The Kier molecular flexibility index (Phi) is 4.87. The highest BCUT2D eigenvalue weighted by atomic mass is 32.2. The Bertz CT molecular complexity index is 1350. The van der Waals surface area contributed by atoms with E-state index >= 15 is 0 Å². The van der Waals surface area contributed by atoms with Gasteiger partial charge in [-0.3, -0.25) is 9.52 Å². The first-order chi connectivity index (χ1) is 14.0. The summed E-state index contributed by atoms with van der Waals surface area (Å²) in [6, 6.07) is 12.7. The van der Waals surface area contributed by atoms with Gasteiger partial charge in [-0.2, -0.15) is 0 Å². The third-order valence-corrected chi connectivity index (χ3v) is 6.23. The van der Waals surface area contributed by atoms with Crippen molar-refractivity contribution in [3.05, 3.63) is 76.1 Å². The van der Waals surface area contributed by atoms with Crippen LogP contribution < -0.4 is 15.7 Å². The minimum atomic E-state index is -3.78. The Labute approximate surface area is 168 Å². The molecule has 0 aliphatic carbocycles. The fraction of sp³-hybridized carbons (Fsp3) is 0. The zero-order chi connectivity index (χ0) is 20.4. The molecule has 0 saturated heterocycles. The highest BCUT2D eigenvalue weighted by Crippen LogP contribution is 2.28. The molecule has 146 valence electrons. The number of carbonyl (C=O) groups excluding carboxylic acids is 1. The van der Waals surface area contributed by atoms with Crippen molar-refractivity contribution in [1.82, 2.24) is 4.98 Å². The number of rotatable bonds is 6. The number of carbonyl (C=O) groups is 1. The molecule has 8 nitrogen and oxygen atoms in total. The summed E-state index contributed by atoms with van der Waals surface area (Å²) in [7, 11) is -3.78. The number of benzene rings is 2. The van der Waals surface area contributed by atoms with Crippen LogP contribution in [0.3, 0.4) is 0 Å². The Hall–Kier alpha value is -3.50. The second kappa shape index (κ2) is 7.49. The summed E-state index contributed by atoms with van der Waals surface area (Å²) in [6.45, 7) is 0. The van der Waals surface area contributed by atoms with Crippen LogP contribution in [0.1, 0.15) is 10.4 Å². The summed E-state index contributed by atoms with van der Waals surface area (Å²) in [6.07, 6.45) is 1.93. The maximum absolute atomic E-state index is 12.4. The van der Waals surface area contributed by atoms with Crippen molar-refractivity contribution in [2.75, 3.05) is 10.0 Å². The number of fused-ring (bicyclic) bond motifs is 1. The topological polar surface area (TPSA) is 118 Å². The lowest BCUT2D eigenvalue weighted by Gasteiger charge is -2.12. The first-order valence-electron chi connectivity index (χ1n) is 8.28. The van der Waals surface area contributed by atoms with Gasteiger partial charge >= 0.3 is 5.63 Å². The zero-order valence-corrected chi connectivity index (χ0v) is 16.3. The van der Waals surface area contributed by atoms with Crippen molar-refractivity contribution < 1.29 is 17.6 Å². The Morgan fingerprint density at radius 3 is 2.52 bits per heavy atom. The number of thiazole rings is 1. The summed E-state index contributed by atoms with van der Waals surface area (Å²) in [4.78, 5) is 27.5. The number of anilines is 3. The van der Waals surface area contributed by atoms with Crippen molar-refractivity contribution in [1.29, 1.82) is 0 Å². The van der Waals surface area contributed by atoms with Crippen LogP contribution in [-0.4, -0.2) is 19.7 Å². The molecular formula is C19H13N3O5S2. The highest BCUT2D eigenvalue weighted by Gasteiger charge is 2.17. The molecule has 10 heteroatoms. The van der Waals surface area contributed by atoms with Crippen LogP contribution in [0.25, 0.3) is 11.0 Å². The average molecular weight is 427 g/mol. The number of hydrogen-bond acceptors (Lipinski definition) is 8. The quantitative estimate of drug-likeness (QED) is 0.356. The van der Waals surface area contributed by atoms with Gasteiger partial charge in [0.2, 0.25) is 0 Å². The molecule has 0 unspecified atom stereocenters. The van der Waals surface area contributed by atoms with Crippen molar-refractivity contribution in [3.63, 3.8) is 0 Å². The van der Waals surface area contributed by atoms with Crippen LogP contribution in [0.5, 0.6) is 0 Å². The predicted octanol–water partition coefficient (Wildman–Crippen LogP) is 3.61. The molecule has 4 rings (SSSR count). The van der Waals surface area contributed by atoms with Crippen molar-refractivity contribution in [2.45, 2.75) is 4.90 Å². The molecule has 0 amide bonds. The van der Waals surface area contributed by atoms with Crippen molar-refractivity contribution in [3.8, 4) is 0 Å². The first kappa shape index (κ1) is 18.8. The van der Waals surface area contributed by atoms with Crippen LogP contribution in [-0.2, 0) is 10.0 Å². The summed E-state index contributed by atoms with van der Waals surface area (Å²) in [5, 5.41) is 5.50. The number of nitrogens with one attached hydrogen (secondary N) is 2. The number of para-hydroxylation sites is 1. The minimum absolute atomic E-state index is 0.0475. The Morgan fingerprint density at radius 1 is 1.07 bits per heavy atom. The molecule has 29 heavy (non-hydrogen) atoms. The van der Waals surface area contributed by atoms with E-state index in [-0.39, 0.29) is 15.6 Å². The number of aldehydes is 1. The van der Waals surface area contributed by atoms with Crippen LogP contribution in [0, 0.1) is 0 Å². The average Bonchev–Trinajstić information content (AvgIpc) is 3.21. The van der Waals surface area contributed by atoms with E-state index in [2.05, 4.69) is 15.0 Å². The predicted molar refractivity (Wildman–Crippen MR) is 111 cm³/mol. The molecule has 0 spiro atoms.